The van der Waals surface area contributed by atoms with Crippen LogP contribution in [0.5, 0.6) is 0 Å². The molecule has 1 amide bonds. The fourth-order valence-corrected chi connectivity index (χ4v) is 5.07. The van der Waals surface area contributed by atoms with Gasteiger partial charge in [0.1, 0.15) is 6.04 Å². The predicted molar refractivity (Wildman–Crippen MR) is 97.4 cm³/mol. The van der Waals surface area contributed by atoms with Crippen molar-refractivity contribution in [2.45, 2.75) is 57.4 Å². The van der Waals surface area contributed by atoms with Crippen LogP contribution in [0.15, 0.2) is 17.0 Å². The molecule has 7 nitrogen and oxygen atoms in total. The van der Waals surface area contributed by atoms with E-state index in [0.717, 1.165) is 18.4 Å². The Morgan fingerprint density at radius 2 is 1.81 bits per heavy atom. The molecule has 0 unspecified atom stereocenters. The van der Waals surface area contributed by atoms with Crippen molar-refractivity contribution in [1.29, 1.82) is 0 Å². The van der Waals surface area contributed by atoms with E-state index in [9.17, 15) is 23.1 Å². The number of nitrogens with one attached hydrogen (secondary N) is 1. The number of carboxylic acid groups (broad SMARTS) is 1. The molecule has 1 saturated heterocycles. The Balaban J connectivity index is 2.02. The summed E-state index contributed by atoms with van der Waals surface area (Å²) in [6, 6.07) is 2.80. The van der Waals surface area contributed by atoms with E-state index in [4.69, 9.17) is 0 Å². The van der Waals surface area contributed by atoms with Gasteiger partial charge in [0.25, 0.3) is 0 Å². The number of hydrogen-bond donors (Lipinski definition) is 2. The van der Waals surface area contributed by atoms with E-state index >= 15 is 0 Å². The molecule has 1 aromatic carbocycles. The van der Waals surface area contributed by atoms with E-state index in [-0.39, 0.29) is 23.8 Å². The van der Waals surface area contributed by atoms with Crippen molar-refractivity contribution < 1.29 is 23.1 Å². The second kappa shape index (κ2) is 8.18. The lowest BCUT2D eigenvalue weighted by Gasteiger charge is -2.33. The van der Waals surface area contributed by atoms with E-state index in [1.807, 2.05) is 6.92 Å². The third-order valence-corrected chi connectivity index (χ3v) is 6.38. The van der Waals surface area contributed by atoms with Crippen molar-refractivity contribution in [2.75, 3.05) is 13.1 Å². The second-order valence-electron chi connectivity index (χ2n) is 6.81. The van der Waals surface area contributed by atoms with Gasteiger partial charge < -0.3 is 10.0 Å². The largest absolute Gasteiger partial charge is 0.480 e. The molecule has 0 aromatic heterocycles. The van der Waals surface area contributed by atoms with Crippen LogP contribution in [0.2, 0.25) is 0 Å². The number of carboxylic acids is 1. The Kier molecular flexibility index (Phi) is 6.41. The van der Waals surface area contributed by atoms with Gasteiger partial charge in [-0.2, -0.15) is 0 Å². The molecule has 0 spiro atoms. The van der Waals surface area contributed by atoms with Gasteiger partial charge >= 0.3 is 5.97 Å². The average Bonchev–Trinajstić information content (AvgIpc) is 2.53. The third-order valence-electron chi connectivity index (χ3n) is 4.61. The van der Waals surface area contributed by atoms with Crippen LogP contribution in [0.25, 0.3) is 0 Å². The normalized spacial score (nSPS) is 18.0. The minimum atomic E-state index is -3.73. The number of benzene rings is 1. The average molecular weight is 382 g/mol. The van der Waals surface area contributed by atoms with Crippen molar-refractivity contribution in [1.82, 2.24) is 9.62 Å². The molecule has 1 fully saturated rings. The van der Waals surface area contributed by atoms with Gasteiger partial charge in [0, 0.05) is 19.5 Å². The maximum absolute atomic E-state index is 12.6. The lowest BCUT2D eigenvalue weighted by atomic mass is 10.0. The molecule has 1 aromatic rings. The van der Waals surface area contributed by atoms with Gasteiger partial charge in [-0.1, -0.05) is 17.7 Å². The van der Waals surface area contributed by atoms with Gasteiger partial charge in [-0.3, -0.25) is 4.79 Å². The summed E-state index contributed by atoms with van der Waals surface area (Å²) in [4.78, 5) is 25.2. The Morgan fingerprint density at radius 1 is 1.19 bits per heavy atom. The highest BCUT2D eigenvalue weighted by molar-refractivity contribution is 7.89. The first-order chi connectivity index (χ1) is 12.1. The molecule has 8 heteroatoms. The van der Waals surface area contributed by atoms with Crippen LogP contribution < -0.4 is 4.72 Å². The van der Waals surface area contributed by atoms with E-state index < -0.39 is 22.0 Å². The minimum absolute atomic E-state index is 0.0588. The Labute approximate surface area is 154 Å². The van der Waals surface area contributed by atoms with Crippen molar-refractivity contribution in [2.24, 2.45) is 0 Å². The topological polar surface area (TPSA) is 104 Å². The molecule has 0 radical (unpaired) electrons. The van der Waals surface area contributed by atoms with Crippen LogP contribution >= 0.6 is 0 Å². The van der Waals surface area contributed by atoms with Gasteiger partial charge in [-0.05, 0) is 51.2 Å². The van der Waals surface area contributed by atoms with Crippen LogP contribution in [0.3, 0.4) is 0 Å². The number of nitrogens with zero attached hydrogens (tertiary/aromatic N) is 1. The number of hydrogen-bond acceptors (Lipinski definition) is 4. The van der Waals surface area contributed by atoms with Crippen LogP contribution in [0.4, 0.5) is 0 Å². The van der Waals surface area contributed by atoms with Crippen molar-refractivity contribution >= 4 is 21.9 Å². The van der Waals surface area contributed by atoms with E-state index in [2.05, 4.69) is 4.72 Å². The predicted octanol–water partition coefficient (Wildman–Crippen LogP) is 1.75. The minimum Gasteiger partial charge on any atom is -0.480 e. The van der Waals surface area contributed by atoms with E-state index in [1.165, 1.54) is 4.90 Å². The first-order valence-corrected chi connectivity index (χ1v) is 10.2. The first kappa shape index (κ1) is 20.4. The van der Waals surface area contributed by atoms with Gasteiger partial charge in [0.2, 0.25) is 15.9 Å². The molecule has 144 valence electrons. The zero-order valence-corrected chi connectivity index (χ0v) is 16.2. The molecule has 0 aliphatic carbocycles. The van der Waals surface area contributed by atoms with Gasteiger partial charge in [0.15, 0.2) is 0 Å². The number of rotatable bonds is 6. The quantitative estimate of drug-likeness (QED) is 0.780. The van der Waals surface area contributed by atoms with Crippen LogP contribution in [-0.2, 0) is 19.6 Å². The Bertz CT molecular complexity index is 781. The number of amides is 1. The smallest absolute Gasteiger partial charge is 0.326 e. The van der Waals surface area contributed by atoms with Crippen LogP contribution in [0.1, 0.15) is 42.4 Å². The van der Waals surface area contributed by atoms with Gasteiger partial charge in [-0.15, -0.1) is 0 Å². The van der Waals surface area contributed by atoms with E-state index in [1.54, 1.807) is 26.0 Å². The monoisotopic (exact) mass is 382 g/mol. The first-order valence-electron chi connectivity index (χ1n) is 8.73. The van der Waals surface area contributed by atoms with Crippen molar-refractivity contribution in [3.63, 3.8) is 0 Å². The molecule has 0 saturated carbocycles. The molecule has 1 aliphatic heterocycles. The molecule has 1 atom stereocenters. The van der Waals surface area contributed by atoms with Crippen molar-refractivity contribution in [3.05, 3.63) is 28.8 Å². The zero-order chi connectivity index (χ0) is 19.5. The second-order valence-corrected chi connectivity index (χ2v) is 8.52. The van der Waals surface area contributed by atoms with Crippen molar-refractivity contribution in [3.8, 4) is 0 Å². The van der Waals surface area contributed by atoms with Crippen LogP contribution in [0, 0.1) is 20.8 Å². The summed E-state index contributed by atoms with van der Waals surface area (Å²) in [5, 5.41) is 9.24. The molecule has 1 aliphatic rings. The number of carbonyl (C=O) groups excluding carboxylic acids is 1. The van der Waals surface area contributed by atoms with Gasteiger partial charge in [0.05, 0.1) is 4.90 Å². The molecule has 1 heterocycles. The maximum Gasteiger partial charge on any atom is 0.326 e. The summed E-state index contributed by atoms with van der Waals surface area (Å²) in [6.45, 7) is 5.73. The molecule has 26 heavy (non-hydrogen) atoms. The SMILES string of the molecule is Cc1cc(C)c(S(=O)(=O)NCCC(=O)N2CCCC[C@@H]2C(=O)O)c(C)c1. The lowest BCUT2D eigenvalue weighted by molar-refractivity contribution is -0.152. The fraction of sp³-hybridized carbons (Fsp3) is 0.556. The molecule has 2 rings (SSSR count). The summed E-state index contributed by atoms with van der Waals surface area (Å²) < 4.78 is 27.6. The summed E-state index contributed by atoms with van der Waals surface area (Å²) in [5.41, 5.74) is 2.30. The van der Waals surface area contributed by atoms with E-state index in [0.29, 0.717) is 24.1 Å². The molecular formula is C18H26N2O5S. The zero-order valence-electron chi connectivity index (χ0n) is 15.4. The standard InChI is InChI=1S/C18H26N2O5S/c1-12-10-13(2)17(14(3)11-12)26(24,25)19-8-7-16(21)20-9-5-4-6-15(20)18(22)23/h10-11,15,19H,4-9H2,1-3H3,(H,22,23)/t15-/m1/s1. The number of piperidine rings is 1. The molecular weight excluding hydrogens is 356 g/mol. The number of sulfonamides is 1. The highest BCUT2D eigenvalue weighted by Gasteiger charge is 2.31. The highest BCUT2D eigenvalue weighted by atomic mass is 32.2. The molecule has 0 bridgehead atoms. The Hall–Kier alpha value is -1.93. The summed E-state index contributed by atoms with van der Waals surface area (Å²) >= 11 is 0. The fourth-order valence-electron chi connectivity index (χ4n) is 3.59. The molecule has 2 N–H and O–H groups in total. The summed E-state index contributed by atoms with van der Waals surface area (Å²) in [7, 11) is -3.73. The lowest BCUT2D eigenvalue weighted by Crippen LogP contribution is -2.48. The summed E-state index contributed by atoms with van der Waals surface area (Å²) in [5.74, 6) is -1.35. The highest BCUT2D eigenvalue weighted by Crippen LogP contribution is 2.22. The van der Waals surface area contributed by atoms with Gasteiger partial charge in [-0.25, -0.2) is 17.9 Å². The maximum atomic E-state index is 12.6. The number of aliphatic carboxylic acids is 1. The third kappa shape index (κ3) is 4.62. The summed E-state index contributed by atoms with van der Waals surface area (Å²) in [6.07, 6.45) is 1.92. The number of carbonyl (C=O) groups is 2. The Morgan fingerprint density at radius 3 is 2.38 bits per heavy atom. The number of aryl methyl sites for hydroxylation is 3. The van der Waals surface area contributed by atoms with Crippen LogP contribution in [-0.4, -0.2) is 49.4 Å². The number of likely N-dealkylation sites (tertiary alicyclic amines) is 1.